The minimum atomic E-state index is -0.597. The smallest absolute Gasteiger partial charge is 0.341 e. The molecule has 0 saturated heterocycles. The van der Waals surface area contributed by atoms with E-state index in [2.05, 4.69) is 0 Å². The van der Waals surface area contributed by atoms with Crippen LogP contribution in [0, 0.1) is 0 Å². The van der Waals surface area contributed by atoms with Gasteiger partial charge in [0.2, 0.25) is 0 Å². The molecule has 104 valence electrons. The van der Waals surface area contributed by atoms with Crippen molar-refractivity contribution in [1.82, 2.24) is 4.57 Å². The van der Waals surface area contributed by atoms with Gasteiger partial charge in [0, 0.05) is 18.7 Å². The molecule has 1 aromatic rings. The average molecular weight is 286 g/mol. The molecule has 5 nitrogen and oxygen atoms in total. The number of hydrogen-bond donors (Lipinski definition) is 0. The van der Waals surface area contributed by atoms with Gasteiger partial charge in [0.05, 0.1) is 20.0 Å². The first-order chi connectivity index (χ1) is 8.93. The molecule has 19 heavy (non-hydrogen) atoms. The molecule has 0 bridgehead atoms. The van der Waals surface area contributed by atoms with Gasteiger partial charge < -0.3 is 14.0 Å². The van der Waals surface area contributed by atoms with Gasteiger partial charge in [0.15, 0.2) is 0 Å². The van der Waals surface area contributed by atoms with Gasteiger partial charge in [0.25, 0.3) is 5.56 Å². The zero-order valence-electron chi connectivity index (χ0n) is 11.3. The largest absolute Gasteiger partial charge is 0.501 e. The molecule has 0 N–H and O–H groups in total. The molecule has 0 aliphatic heterocycles. The minimum absolute atomic E-state index is 0.0404. The molecule has 0 aliphatic rings. The lowest BCUT2D eigenvalue weighted by atomic mass is 10.0. The van der Waals surface area contributed by atoms with E-state index in [1.54, 1.807) is 6.92 Å². The van der Waals surface area contributed by atoms with Crippen LogP contribution in [-0.2, 0) is 16.5 Å². The topological polar surface area (TPSA) is 57.5 Å². The number of rotatable bonds is 4. The third kappa shape index (κ3) is 3.17. The molecule has 0 radical (unpaired) electrons. The Bertz CT molecular complexity index is 575. The Kier molecular flexibility index (Phi) is 5.18. The number of halogens is 1. The van der Waals surface area contributed by atoms with E-state index in [1.807, 2.05) is 6.92 Å². The Morgan fingerprint density at radius 3 is 2.68 bits per heavy atom. The molecule has 0 fully saturated rings. The summed E-state index contributed by atoms with van der Waals surface area (Å²) in [5.74, 6) is -0.597. The lowest BCUT2D eigenvalue weighted by molar-refractivity contribution is 0.0599. The van der Waals surface area contributed by atoms with Gasteiger partial charge in [-0.05, 0) is 19.4 Å². The van der Waals surface area contributed by atoms with Crippen LogP contribution in [0.2, 0.25) is 5.15 Å². The van der Waals surface area contributed by atoms with Crippen LogP contribution in [0.15, 0.2) is 17.1 Å². The van der Waals surface area contributed by atoms with Crippen molar-refractivity contribution in [3.05, 3.63) is 39.0 Å². The highest BCUT2D eigenvalue weighted by molar-refractivity contribution is 6.33. The third-order valence-electron chi connectivity index (χ3n) is 2.61. The second-order valence-electron chi connectivity index (χ2n) is 3.87. The molecule has 0 atom stereocenters. The normalized spacial score (nSPS) is 11.3. The van der Waals surface area contributed by atoms with E-state index in [1.165, 1.54) is 31.1 Å². The van der Waals surface area contributed by atoms with Crippen molar-refractivity contribution in [1.29, 1.82) is 0 Å². The molecule has 0 amide bonds. The van der Waals surface area contributed by atoms with Gasteiger partial charge in [-0.3, -0.25) is 4.79 Å². The first-order valence-electron chi connectivity index (χ1n) is 5.70. The van der Waals surface area contributed by atoms with Crippen LogP contribution >= 0.6 is 11.6 Å². The standard InChI is InChI=1S/C13H16ClNO4/c1-5-19-7-8(2)9-6-10(16)15(3)12(14)11(9)13(17)18-4/h6-7H,5H2,1-4H3/b8-7+. The number of allylic oxidation sites excluding steroid dienone is 1. The number of pyridine rings is 1. The number of carbonyl (C=O) groups is 1. The Hall–Kier alpha value is -1.75. The van der Waals surface area contributed by atoms with E-state index in [0.29, 0.717) is 17.7 Å². The minimum Gasteiger partial charge on any atom is -0.501 e. The molecular weight excluding hydrogens is 270 g/mol. The summed E-state index contributed by atoms with van der Waals surface area (Å²) in [6.07, 6.45) is 1.48. The second kappa shape index (κ2) is 6.43. The predicted molar refractivity (Wildman–Crippen MR) is 73.3 cm³/mol. The van der Waals surface area contributed by atoms with E-state index >= 15 is 0 Å². The van der Waals surface area contributed by atoms with Gasteiger partial charge in [0.1, 0.15) is 10.7 Å². The highest BCUT2D eigenvalue weighted by atomic mass is 35.5. The van der Waals surface area contributed by atoms with Gasteiger partial charge in [-0.1, -0.05) is 11.6 Å². The Morgan fingerprint density at radius 2 is 2.16 bits per heavy atom. The molecule has 1 rings (SSSR count). The molecule has 0 aromatic carbocycles. The fourth-order valence-corrected chi connectivity index (χ4v) is 1.81. The quantitative estimate of drug-likeness (QED) is 0.483. The number of methoxy groups -OCH3 is 1. The lowest BCUT2D eigenvalue weighted by Crippen LogP contribution is -2.21. The van der Waals surface area contributed by atoms with Crippen LogP contribution in [-0.4, -0.2) is 24.3 Å². The number of hydrogen-bond acceptors (Lipinski definition) is 4. The lowest BCUT2D eigenvalue weighted by Gasteiger charge is -2.12. The molecule has 0 aliphatic carbocycles. The van der Waals surface area contributed by atoms with Gasteiger partial charge in [-0.25, -0.2) is 4.79 Å². The van der Waals surface area contributed by atoms with Crippen LogP contribution in [0.4, 0.5) is 0 Å². The van der Waals surface area contributed by atoms with Crippen molar-refractivity contribution in [2.75, 3.05) is 13.7 Å². The van der Waals surface area contributed by atoms with E-state index in [-0.39, 0.29) is 16.3 Å². The SMILES string of the molecule is CCO/C=C(\C)c1cc(=O)n(C)c(Cl)c1C(=O)OC. The summed E-state index contributed by atoms with van der Waals surface area (Å²) < 4.78 is 11.0. The summed E-state index contributed by atoms with van der Waals surface area (Å²) in [5, 5.41) is 0.0404. The number of aromatic nitrogens is 1. The van der Waals surface area contributed by atoms with Crippen LogP contribution < -0.4 is 5.56 Å². The number of ether oxygens (including phenoxy) is 2. The molecule has 1 heterocycles. The molecule has 1 aromatic heterocycles. The maximum Gasteiger partial charge on any atom is 0.341 e. The molecule has 0 spiro atoms. The van der Waals surface area contributed by atoms with Crippen molar-refractivity contribution in [3.8, 4) is 0 Å². The Balaban J connectivity index is 3.54. The fourth-order valence-electron chi connectivity index (χ4n) is 1.55. The van der Waals surface area contributed by atoms with Crippen molar-refractivity contribution in [2.45, 2.75) is 13.8 Å². The highest BCUT2D eigenvalue weighted by Crippen LogP contribution is 2.24. The van der Waals surface area contributed by atoms with Crippen LogP contribution in [0.3, 0.4) is 0 Å². The van der Waals surface area contributed by atoms with Crippen molar-refractivity contribution < 1.29 is 14.3 Å². The van der Waals surface area contributed by atoms with Crippen molar-refractivity contribution in [2.24, 2.45) is 7.05 Å². The Morgan fingerprint density at radius 1 is 1.53 bits per heavy atom. The molecule has 6 heteroatoms. The fraction of sp³-hybridized carbons (Fsp3) is 0.385. The summed E-state index contributed by atoms with van der Waals surface area (Å²) >= 11 is 6.05. The molecule has 0 saturated carbocycles. The zero-order chi connectivity index (χ0) is 14.6. The van der Waals surface area contributed by atoms with E-state index in [9.17, 15) is 9.59 Å². The monoisotopic (exact) mass is 285 g/mol. The summed E-state index contributed by atoms with van der Waals surface area (Å²) in [4.78, 5) is 23.6. The number of carbonyl (C=O) groups excluding carboxylic acids is 1. The van der Waals surface area contributed by atoms with Gasteiger partial charge in [-0.15, -0.1) is 0 Å². The van der Waals surface area contributed by atoms with Crippen LogP contribution in [0.25, 0.3) is 5.57 Å². The average Bonchev–Trinajstić information content (AvgIpc) is 2.40. The van der Waals surface area contributed by atoms with E-state index in [0.717, 1.165) is 0 Å². The first kappa shape index (κ1) is 15.3. The van der Waals surface area contributed by atoms with Crippen LogP contribution in [0.5, 0.6) is 0 Å². The van der Waals surface area contributed by atoms with Gasteiger partial charge >= 0.3 is 5.97 Å². The summed E-state index contributed by atoms with van der Waals surface area (Å²) in [6.45, 7) is 4.05. The first-order valence-corrected chi connectivity index (χ1v) is 6.08. The summed E-state index contributed by atoms with van der Waals surface area (Å²) in [6, 6.07) is 1.34. The maximum absolute atomic E-state index is 11.8. The molecule has 0 unspecified atom stereocenters. The molecular formula is C13H16ClNO4. The second-order valence-corrected chi connectivity index (χ2v) is 4.23. The van der Waals surface area contributed by atoms with E-state index < -0.39 is 5.97 Å². The van der Waals surface area contributed by atoms with Crippen molar-refractivity contribution in [3.63, 3.8) is 0 Å². The summed E-state index contributed by atoms with van der Waals surface area (Å²) in [5.41, 5.74) is 0.881. The van der Waals surface area contributed by atoms with Crippen LogP contribution in [0.1, 0.15) is 29.8 Å². The number of nitrogens with zero attached hydrogens (tertiary/aromatic N) is 1. The predicted octanol–water partition coefficient (Wildman–Crippen LogP) is 2.22. The van der Waals surface area contributed by atoms with E-state index in [4.69, 9.17) is 21.1 Å². The Labute approximate surface area is 116 Å². The highest BCUT2D eigenvalue weighted by Gasteiger charge is 2.20. The third-order valence-corrected chi connectivity index (χ3v) is 3.05. The maximum atomic E-state index is 11.8. The van der Waals surface area contributed by atoms with Gasteiger partial charge in [-0.2, -0.15) is 0 Å². The number of esters is 1. The van der Waals surface area contributed by atoms with Crippen molar-refractivity contribution >= 4 is 23.1 Å². The summed E-state index contributed by atoms with van der Waals surface area (Å²) in [7, 11) is 2.75. The zero-order valence-corrected chi connectivity index (χ0v) is 12.1.